The molecule has 0 heterocycles. The van der Waals surface area contributed by atoms with E-state index in [9.17, 15) is 19.5 Å². The first-order chi connectivity index (χ1) is 15.1. The van der Waals surface area contributed by atoms with Crippen LogP contribution in [0.4, 0.5) is 0 Å². The van der Waals surface area contributed by atoms with Crippen molar-refractivity contribution in [3.63, 3.8) is 0 Å². The summed E-state index contributed by atoms with van der Waals surface area (Å²) >= 11 is 6.55. The van der Waals surface area contributed by atoms with Crippen LogP contribution in [0.25, 0.3) is 0 Å². The number of rotatable bonds is 9. The number of ether oxygens (including phenoxy) is 2. The van der Waals surface area contributed by atoms with Gasteiger partial charge in [0, 0.05) is 11.4 Å². The second-order valence-electron chi connectivity index (χ2n) is 8.98. The lowest BCUT2D eigenvalue weighted by atomic mass is 9.73. The van der Waals surface area contributed by atoms with Crippen LogP contribution in [0.1, 0.15) is 58.6 Å². The van der Waals surface area contributed by atoms with E-state index in [1.165, 1.54) is 0 Å². The summed E-state index contributed by atoms with van der Waals surface area (Å²) in [7, 11) is 0. The van der Waals surface area contributed by atoms with Crippen LogP contribution in [0.5, 0.6) is 11.5 Å². The van der Waals surface area contributed by atoms with E-state index < -0.39 is 32.0 Å². The van der Waals surface area contributed by atoms with E-state index in [2.05, 4.69) is 31.9 Å². The second-order valence-corrected chi connectivity index (χ2v) is 12.9. The summed E-state index contributed by atoms with van der Waals surface area (Å²) in [5.41, 5.74) is 1.01. The van der Waals surface area contributed by atoms with Crippen molar-refractivity contribution in [2.24, 2.45) is 0 Å². The number of halogens is 2. The molecule has 6 nitrogen and oxygen atoms in total. The van der Waals surface area contributed by atoms with Gasteiger partial charge in [0.2, 0.25) is 0 Å². The summed E-state index contributed by atoms with van der Waals surface area (Å²) in [6.07, 6.45) is 0.149. The fourth-order valence-electron chi connectivity index (χ4n) is 3.05. The smallest absolute Gasteiger partial charge is 0.327 e. The molecule has 0 saturated heterocycles. The molecule has 0 saturated carbocycles. The molecule has 0 N–H and O–H groups in total. The van der Waals surface area contributed by atoms with Crippen LogP contribution in [0, 0.1) is 0 Å². The molecule has 0 aliphatic heterocycles. The molecule has 0 spiro atoms. The van der Waals surface area contributed by atoms with Gasteiger partial charge in [-0.15, -0.1) is 0 Å². The van der Waals surface area contributed by atoms with Crippen LogP contribution in [0.3, 0.4) is 0 Å². The highest BCUT2D eigenvalue weighted by Crippen LogP contribution is 2.38. The highest BCUT2D eigenvalue weighted by Gasteiger charge is 2.31. The molecule has 0 aliphatic carbocycles. The minimum Gasteiger partial charge on any atom is -0.550 e. The van der Waals surface area contributed by atoms with Gasteiger partial charge in [0.1, 0.15) is 20.1 Å². The SMILES string of the molecule is CC(C)(Br)C(=O)Oc1ccc(C(C)(CCC(=O)[O-])c2ccc(OC(=O)C(C)(C)Br)cc2)cc1. The predicted octanol–water partition coefficient (Wildman–Crippen LogP) is 4.68. The summed E-state index contributed by atoms with van der Waals surface area (Å²) in [6.45, 7) is 8.71. The molecule has 0 amide bonds. The van der Waals surface area contributed by atoms with E-state index in [1.54, 1.807) is 76.2 Å². The Morgan fingerprint density at radius 2 is 1.06 bits per heavy atom. The molecule has 0 atom stereocenters. The molecular formula is C25H27Br2O6-. The number of alkyl halides is 2. The standard InChI is InChI=1S/C25H28Br2O6/c1-23(2,26)21(30)32-18-10-6-16(7-11-18)25(5,15-14-20(28)29)17-8-12-19(13-9-17)33-22(31)24(3,4)27/h6-13H,14-15H2,1-5H3,(H,28,29)/p-1. The zero-order chi connectivity index (χ0) is 25.0. The Kier molecular flexibility index (Phi) is 8.52. The van der Waals surface area contributed by atoms with E-state index in [0.29, 0.717) is 11.5 Å². The molecule has 0 unspecified atom stereocenters. The number of carboxylic acids is 1. The Morgan fingerprint density at radius 3 is 1.33 bits per heavy atom. The Labute approximate surface area is 210 Å². The minimum atomic E-state index is -1.14. The second kappa shape index (κ2) is 10.4. The van der Waals surface area contributed by atoms with Gasteiger partial charge >= 0.3 is 11.9 Å². The van der Waals surface area contributed by atoms with Crippen molar-refractivity contribution < 1.29 is 29.0 Å². The van der Waals surface area contributed by atoms with E-state index in [4.69, 9.17) is 9.47 Å². The summed E-state index contributed by atoms with van der Waals surface area (Å²) in [6, 6.07) is 13.9. The van der Waals surface area contributed by atoms with Crippen molar-refractivity contribution in [1.82, 2.24) is 0 Å². The number of aliphatic carboxylic acids is 1. The van der Waals surface area contributed by atoms with Gasteiger partial charge in [-0.05, 0) is 75.9 Å². The molecular weight excluding hydrogens is 556 g/mol. The maximum atomic E-state index is 12.1. The summed E-state index contributed by atoms with van der Waals surface area (Å²) in [5.74, 6) is -1.22. The topological polar surface area (TPSA) is 92.7 Å². The van der Waals surface area contributed by atoms with Gasteiger partial charge in [-0.3, -0.25) is 9.59 Å². The van der Waals surface area contributed by atoms with Crippen LogP contribution in [-0.4, -0.2) is 26.6 Å². The predicted molar refractivity (Wildman–Crippen MR) is 131 cm³/mol. The van der Waals surface area contributed by atoms with Crippen molar-refractivity contribution in [3.05, 3.63) is 59.7 Å². The van der Waals surface area contributed by atoms with Crippen molar-refractivity contribution in [2.45, 2.75) is 61.5 Å². The first-order valence-electron chi connectivity index (χ1n) is 10.4. The minimum absolute atomic E-state index is 0.139. The lowest BCUT2D eigenvalue weighted by Gasteiger charge is -2.32. The van der Waals surface area contributed by atoms with Crippen LogP contribution >= 0.6 is 31.9 Å². The van der Waals surface area contributed by atoms with Gasteiger partial charge in [-0.25, -0.2) is 0 Å². The van der Waals surface area contributed by atoms with Gasteiger partial charge in [0.25, 0.3) is 0 Å². The van der Waals surface area contributed by atoms with Crippen molar-refractivity contribution in [2.75, 3.05) is 0 Å². The van der Waals surface area contributed by atoms with Crippen molar-refractivity contribution in [1.29, 1.82) is 0 Å². The number of carbonyl (C=O) groups excluding carboxylic acids is 3. The molecule has 0 bridgehead atoms. The summed E-state index contributed by atoms with van der Waals surface area (Å²) in [4.78, 5) is 35.4. The Hall–Kier alpha value is -2.19. The molecule has 2 aromatic carbocycles. The van der Waals surface area contributed by atoms with E-state index in [-0.39, 0.29) is 12.8 Å². The number of hydrogen-bond donors (Lipinski definition) is 0. The maximum absolute atomic E-state index is 12.1. The van der Waals surface area contributed by atoms with Crippen molar-refractivity contribution in [3.8, 4) is 11.5 Å². The largest absolute Gasteiger partial charge is 0.550 e. The van der Waals surface area contributed by atoms with Crippen molar-refractivity contribution >= 4 is 49.8 Å². The van der Waals surface area contributed by atoms with Gasteiger partial charge < -0.3 is 19.4 Å². The first-order valence-corrected chi connectivity index (χ1v) is 11.9. The average molecular weight is 583 g/mol. The first kappa shape index (κ1) is 27.1. The normalized spacial score (nSPS) is 12.2. The third-order valence-electron chi connectivity index (χ3n) is 5.20. The Bertz CT molecular complexity index is 928. The number of hydrogen-bond acceptors (Lipinski definition) is 6. The highest BCUT2D eigenvalue weighted by atomic mass is 79.9. The molecule has 33 heavy (non-hydrogen) atoms. The van der Waals surface area contributed by atoms with Crippen LogP contribution < -0.4 is 14.6 Å². The lowest BCUT2D eigenvalue weighted by Crippen LogP contribution is -2.30. The number of esters is 2. The fourth-order valence-corrected chi connectivity index (χ4v) is 3.21. The molecule has 0 fully saturated rings. The molecule has 2 aromatic rings. The summed E-state index contributed by atoms with van der Waals surface area (Å²) in [5, 5.41) is 11.2. The summed E-state index contributed by atoms with van der Waals surface area (Å²) < 4.78 is 9.15. The van der Waals surface area contributed by atoms with Crippen LogP contribution in [0.15, 0.2) is 48.5 Å². The third-order valence-corrected chi connectivity index (χ3v) is 5.85. The quantitative estimate of drug-likeness (QED) is 0.242. The number of benzene rings is 2. The van der Waals surface area contributed by atoms with Gasteiger partial charge in [-0.1, -0.05) is 63.0 Å². The Balaban J connectivity index is 2.33. The molecule has 2 rings (SSSR count). The molecule has 178 valence electrons. The van der Waals surface area contributed by atoms with Crippen LogP contribution in [0.2, 0.25) is 0 Å². The monoisotopic (exact) mass is 581 g/mol. The van der Waals surface area contributed by atoms with E-state index >= 15 is 0 Å². The fraction of sp³-hybridized carbons (Fsp3) is 0.400. The lowest BCUT2D eigenvalue weighted by molar-refractivity contribution is -0.306. The highest BCUT2D eigenvalue weighted by molar-refractivity contribution is 9.10. The zero-order valence-corrected chi connectivity index (χ0v) is 22.4. The Morgan fingerprint density at radius 1 is 0.727 bits per heavy atom. The maximum Gasteiger partial charge on any atom is 0.327 e. The number of carboxylic acid groups (broad SMARTS) is 1. The van der Waals surface area contributed by atoms with Gasteiger partial charge in [-0.2, -0.15) is 0 Å². The van der Waals surface area contributed by atoms with Crippen LogP contribution in [-0.2, 0) is 19.8 Å². The van der Waals surface area contributed by atoms with Gasteiger partial charge in [0.05, 0.1) is 0 Å². The molecule has 0 aromatic heterocycles. The zero-order valence-electron chi connectivity index (χ0n) is 19.2. The number of carbonyl (C=O) groups is 3. The third kappa shape index (κ3) is 7.40. The molecule has 0 aliphatic rings. The molecule has 8 heteroatoms. The molecule has 0 radical (unpaired) electrons. The average Bonchev–Trinajstić information content (AvgIpc) is 2.71. The van der Waals surface area contributed by atoms with E-state index in [0.717, 1.165) is 11.1 Å². The van der Waals surface area contributed by atoms with Gasteiger partial charge in [0.15, 0.2) is 0 Å². The van der Waals surface area contributed by atoms with E-state index in [1.807, 2.05) is 6.92 Å².